The minimum atomic E-state index is 0.0816. The Hall–Kier alpha value is -2.40. The highest BCUT2D eigenvalue weighted by molar-refractivity contribution is 9.10. The Morgan fingerprint density at radius 3 is 2.61 bits per heavy atom. The van der Waals surface area contributed by atoms with Gasteiger partial charge in [0.05, 0.1) is 6.20 Å². The molecule has 1 unspecified atom stereocenters. The van der Waals surface area contributed by atoms with Crippen LogP contribution >= 0.6 is 15.9 Å². The van der Waals surface area contributed by atoms with Crippen LogP contribution in [0.3, 0.4) is 0 Å². The molecule has 0 fully saturated rings. The van der Waals surface area contributed by atoms with E-state index in [9.17, 15) is 4.79 Å². The molecule has 2 aromatic carbocycles. The lowest BCUT2D eigenvalue weighted by Gasteiger charge is -2.13. The van der Waals surface area contributed by atoms with Crippen LogP contribution in [0, 0.1) is 0 Å². The predicted molar refractivity (Wildman–Crippen MR) is 115 cm³/mol. The molecule has 0 radical (unpaired) electrons. The zero-order valence-corrected chi connectivity index (χ0v) is 17.6. The third-order valence-corrected chi connectivity index (χ3v) is 5.12. The highest BCUT2D eigenvalue weighted by Crippen LogP contribution is 2.20. The summed E-state index contributed by atoms with van der Waals surface area (Å²) in [5.74, 6) is 1.52. The number of hydrogen-bond donors (Lipinski definition) is 1. The van der Waals surface area contributed by atoms with E-state index in [0.717, 1.165) is 35.1 Å². The topological polar surface area (TPSA) is 55.1 Å². The lowest BCUT2D eigenvalue weighted by molar-refractivity contribution is -0.121. The minimum absolute atomic E-state index is 0.0816. The highest BCUT2D eigenvalue weighted by atomic mass is 79.9. The summed E-state index contributed by atoms with van der Waals surface area (Å²) in [5, 5.41) is 3.08. The maximum atomic E-state index is 12.2. The van der Waals surface area contributed by atoms with Gasteiger partial charge in [-0.1, -0.05) is 58.4 Å². The van der Waals surface area contributed by atoms with Crippen molar-refractivity contribution in [3.05, 3.63) is 76.7 Å². The van der Waals surface area contributed by atoms with Gasteiger partial charge in [-0.05, 0) is 43.9 Å². The number of amides is 1. The molecule has 1 heterocycles. The monoisotopic (exact) mass is 440 g/mol. The van der Waals surface area contributed by atoms with Crippen molar-refractivity contribution in [2.45, 2.75) is 45.1 Å². The van der Waals surface area contributed by atoms with Gasteiger partial charge in [0.25, 0.3) is 0 Å². The Kier molecular flexibility index (Phi) is 7.43. The van der Waals surface area contributed by atoms with Gasteiger partial charge in [-0.15, -0.1) is 0 Å². The normalized spacial score (nSPS) is 11.9. The molecule has 4 nitrogen and oxygen atoms in total. The second-order valence-electron chi connectivity index (χ2n) is 6.97. The van der Waals surface area contributed by atoms with Crippen molar-refractivity contribution in [1.29, 1.82) is 0 Å². The minimum Gasteiger partial charge on any atom is -0.441 e. The molecule has 0 aliphatic carbocycles. The van der Waals surface area contributed by atoms with Crippen LogP contribution in [0.2, 0.25) is 0 Å². The van der Waals surface area contributed by atoms with Crippen LogP contribution in [0.15, 0.2) is 69.7 Å². The molecule has 146 valence electrons. The van der Waals surface area contributed by atoms with Crippen LogP contribution in [0.4, 0.5) is 0 Å². The maximum absolute atomic E-state index is 12.2. The van der Waals surface area contributed by atoms with Crippen LogP contribution in [0.5, 0.6) is 0 Å². The van der Waals surface area contributed by atoms with E-state index in [-0.39, 0.29) is 11.9 Å². The van der Waals surface area contributed by atoms with Crippen LogP contribution in [0.1, 0.15) is 37.6 Å². The average Bonchev–Trinajstić information content (AvgIpc) is 3.17. The number of hydrogen-bond acceptors (Lipinski definition) is 3. The van der Waals surface area contributed by atoms with Gasteiger partial charge in [0.15, 0.2) is 11.7 Å². The van der Waals surface area contributed by atoms with E-state index in [1.54, 1.807) is 6.20 Å². The molecule has 1 atom stereocenters. The van der Waals surface area contributed by atoms with Crippen LogP contribution < -0.4 is 5.32 Å². The third-order valence-electron chi connectivity index (χ3n) is 4.59. The second kappa shape index (κ2) is 10.2. The van der Waals surface area contributed by atoms with E-state index >= 15 is 0 Å². The molecule has 3 rings (SSSR count). The fourth-order valence-electron chi connectivity index (χ4n) is 3.02. The molecule has 1 N–H and O–H groups in total. The van der Waals surface area contributed by atoms with Crippen molar-refractivity contribution < 1.29 is 9.21 Å². The molecule has 0 spiro atoms. The number of rotatable bonds is 9. The number of nitrogens with one attached hydrogen (secondary N) is 1. The van der Waals surface area contributed by atoms with Crippen LogP contribution in [-0.4, -0.2) is 16.9 Å². The number of benzene rings is 2. The molecule has 1 aromatic heterocycles. The van der Waals surface area contributed by atoms with Crippen LogP contribution in [0.25, 0.3) is 11.3 Å². The first kappa shape index (κ1) is 20.3. The lowest BCUT2D eigenvalue weighted by atomic mass is 10.1. The van der Waals surface area contributed by atoms with E-state index < -0.39 is 0 Å². The largest absolute Gasteiger partial charge is 0.441 e. The number of carbonyl (C=O) groups is 1. The first-order valence-corrected chi connectivity index (χ1v) is 10.4. The summed E-state index contributed by atoms with van der Waals surface area (Å²) in [4.78, 5) is 16.5. The Morgan fingerprint density at radius 2 is 1.86 bits per heavy atom. The summed E-state index contributed by atoms with van der Waals surface area (Å²) < 4.78 is 6.87. The van der Waals surface area contributed by atoms with E-state index in [4.69, 9.17) is 4.42 Å². The van der Waals surface area contributed by atoms with Gasteiger partial charge < -0.3 is 9.73 Å². The summed E-state index contributed by atoms with van der Waals surface area (Å²) >= 11 is 3.44. The number of nitrogens with zero attached hydrogens (tertiary/aromatic N) is 1. The lowest BCUT2D eigenvalue weighted by Crippen LogP contribution is -2.32. The van der Waals surface area contributed by atoms with Crippen molar-refractivity contribution in [1.82, 2.24) is 10.3 Å². The molecular weight excluding hydrogens is 416 g/mol. The molecule has 0 bridgehead atoms. The Balaban J connectivity index is 1.36. The van der Waals surface area contributed by atoms with Crippen molar-refractivity contribution in [2.24, 2.45) is 0 Å². The molecule has 0 aliphatic heterocycles. The van der Waals surface area contributed by atoms with E-state index in [1.165, 1.54) is 5.56 Å². The first-order valence-electron chi connectivity index (χ1n) is 9.64. The summed E-state index contributed by atoms with van der Waals surface area (Å²) in [7, 11) is 0. The quantitative estimate of drug-likeness (QED) is 0.473. The average molecular weight is 441 g/mol. The molecule has 0 aliphatic rings. The number of oxazole rings is 1. The highest BCUT2D eigenvalue weighted by Gasteiger charge is 2.10. The summed E-state index contributed by atoms with van der Waals surface area (Å²) in [6.07, 6.45) is 5.48. The fraction of sp³-hybridized carbons (Fsp3) is 0.304. The standard InChI is InChI=1S/C23H25BrN2O2/c1-17(10-11-18-12-14-20(24)15-13-18)26-22(27)8-5-9-23-25-16-21(28-23)19-6-3-2-4-7-19/h2-4,6-7,12-17H,5,8-11H2,1H3,(H,26,27). The van der Waals surface area contributed by atoms with Crippen molar-refractivity contribution in [3.8, 4) is 11.3 Å². The number of aryl methyl sites for hydroxylation is 2. The molecule has 1 amide bonds. The second-order valence-corrected chi connectivity index (χ2v) is 7.89. The molecule has 28 heavy (non-hydrogen) atoms. The SMILES string of the molecule is CC(CCc1ccc(Br)cc1)NC(=O)CCCc1ncc(-c2ccccc2)o1. The first-order chi connectivity index (χ1) is 13.6. The van der Waals surface area contributed by atoms with Gasteiger partial charge in [0.1, 0.15) is 0 Å². The Morgan fingerprint density at radius 1 is 1.11 bits per heavy atom. The van der Waals surface area contributed by atoms with Crippen LogP contribution in [-0.2, 0) is 17.6 Å². The van der Waals surface area contributed by atoms with E-state index in [2.05, 4.69) is 45.3 Å². The zero-order valence-electron chi connectivity index (χ0n) is 16.0. The van der Waals surface area contributed by atoms with Gasteiger partial charge >= 0.3 is 0 Å². The van der Waals surface area contributed by atoms with E-state index in [0.29, 0.717) is 18.7 Å². The summed E-state index contributed by atoms with van der Waals surface area (Å²) in [6, 6.07) is 18.4. The Labute approximate surface area is 174 Å². The van der Waals surface area contributed by atoms with Crippen molar-refractivity contribution >= 4 is 21.8 Å². The van der Waals surface area contributed by atoms with Gasteiger partial charge in [0, 0.05) is 28.9 Å². The predicted octanol–water partition coefficient (Wildman–Crippen LogP) is 5.56. The van der Waals surface area contributed by atoms with Crippen molar-refractivity contribution in [3.63, 3.8) is 0 Å². The van der Waals surface area contributed by atoms with E-state index in [1.807, 2.05) is 42.5 Å². The number of aromatic nitrogens is 1. The zero-order chi connectivity index (χ0) is 19.8. The van der Waals surface area contributed by atoms with Gasteiger partial charge in [-0.25, -0.2) is 4.98 Å². The molecule has 0 saturated heterocycles. The van der Waals surface area contributed by atoms with Crippen molar-refractivity contribution in [2.75, 3.05) is 0 Å². The Bertz CT molecular complexity index is 875. The maximum Gasteiger partial charge on any atom is 0.220 e. The molecule has 0 saturated carbocycles. The molecular formula is C23H25BrN2O2. The number of halogens is 1. The summed E-state index contributed by atoms with van der Waals surface area (Å²) in [5.41, 5.74) is 2.29. The van der Waals surface area contributed by atoms with Gasteiger partial charge in [-0.2, -0.15) is 0 Å². The molecule has 5 heteroatoms. The number of carbonyl (C=O) groups excluding carboxylic acids is 1. The smallest absolute Gasteiger partial charge is 0.220 e. The van der Waals surface area contributed by atoms with Gasteiger partial charge in [-0.3, -0.25) is 4.79 Å². The molecule has 3 aromatic rings. The fourth-order valence-corrected chi connectivity index (χ4v) is 3.28. The summed E-state index contributed by atoms with van der Waals surface area (Å²) in [6.45, 7) is 2.05. The third kappa shape index (κ3) is 6.34. The van der Waals surface area contributed by atoms with Gasteiger partial charge in [0.2, 0.25) is 5.91 Å².